The number of carbonyl (C=O) groups is 1. The number of aromatic nitrogens is 2. The summed E-state index contributed by atoms with van der Waals surface area (Å²) < 4.78 is 150. The second kappa shape index (κ2) is 5.87. The largest absolute Gasteiger partial charge is 0.445 e. The van der Waals surface area contributed by atoms with E-state index in [4.69, 9.17) is 0 Å². The number of alkyl halides is 12. The quantitative estimate of drug-likeness (QED) is 0.738. The van der Waals surface area contributed by atoms with E-state index in [1.807, 2.05) is 0 Å². The fraction of sp³-hybridized carbons (Fsp3) is 0.625. The Kier molecular flexibility index (Phi) is 4.99. The Bertz CT molecular complexity index is 602. The van der Waals surface area contributed by atoms with E-state index in [0.29, 0.717) is 5.32 Å². The number of carbonyl (C=O) groups excluding carboxylic acids is 1. The van der Waals surface area contributed by atoms with Crippen LogP contribution in [-0.2, 0) is 11.0 Å². The van der Waals surface area contributed by atoms with Crippen LogP contribution in [0.1, 0.15) is 5.01 Å². The molecule has 0 atom stereocenters. The van der Waals surface area contributed by atoms with Crippen LogP contribution in [-0.4, -0.2) is 34.6 Å². The molecule has 0 saturated heterocycles. The van der Waals surface area contributed by atoms with Gasteiger partial charge in [-0.15, -0.1) is 10.2 Å². The van der Waals surface area contributed by atoms with Gasteiger partial charge in [0.2, 0.25) is 10.1 Å². The number of nitrogens with one attached hydrogen (secondary N) is 1. The highest BCUT2D eigenvalue weighted by atomic mass is 32.1. The Morgan fingerprint density at radius 2 is 1.16 bits per heavy atom. The van der Waals surface area contributed by atoms with Crippen LogP contribution in [0.2, 0.25) is 0 Å². The van der Waals surface area contributed by atoms with Crippen LogP contribution >= 0.6 is 11.3 Å². The summed E-state index contributed by atoms with van der Waals surface area (Å²) in [4.78, 5) is 11.2. The molecule has 0 aliphatic heterocycles. The molecule has 17 heteroatoms. The SMILES string of the molecule is O=C(Nc1nnc(C(F)(F)F)s1)C(C(F)(F)F)(C(F)(F)F)C(F)(F)F. The third kappa shape index (κ3) is 3.59. The van der Waals surface area contributed by atoms with Crippen molar-refractivity contribution in [2.45, 2.75) is 24.7 Å². The standard InChI is InChI=1S/C8HF12N3OS/c9-5(10,11)2-22-23-3(25-2)21-1(24)4(6(12,13)14,7(15,16)17)8(18,19)20/h(H,21,23,24). The molecule has 4 nitrogen and oxygen atoms in total. The van der Waals surface area contributed by atoms with E-state index in [9.17, 15) is 57.5 Å². The Morgan fingerprint density at radius 1 is 0.760 bits per heavy atom. The topological polar surface area (TPSA) is 54.9 Å². The molecule has 1 aromatic heterocycles. The zero-order valence-electron chi connectivity index (χ0n) is 10.7. The number of amides is 1. The van der Waals surface area contributed by atoms with E-state index < -0.39 is 57.5 Å². The van der Waals surface area contributed by atoms with Crippen LogP contribution in [0.15, 0.2) is 0 Å². The number of halogens is 12. The zero-order valence-corrected chi connectivity index (χ0v) is 11.6. The lowest BCUT2D eigenvalue weighted by molar-refractivity contribution is -0.405. The summed E-state index contributed by atoms with van der Waals surface area (Å²) in [5.74, 6) is -3.72. The first-order valence-corrected chi connectivity index (χ1v) is 6.09. The van der Waals surface area contributed by atoms with Gasteiger partial charge < -0.3 is 0 Å². The van der Waals surface area contributed by atoms with Crippen molar-refractivity contribution in [2.24, 2.45) is 5.41 Å². The third-order valence-electron chi connectivity index (χ3n) is 2.50. The molecule has 0 aliphatic carbocycles. The van der Waals surface area contributed by atoms with Gasteiger partial charge in [0.25, 0.3) is 5.91 Å². The van der Waals surface area contributed by atoms with Gasteiger partial charge in [0.05, 0.1) is 0 Å². The molecule has 0 fully saturated rings. The first-order chi connectivity index (χ1) is 10.9. The lowest BCUT2D eigenvalue weighted by atomic mass is 9.84. The number of hydrogen-bond donors (Lipinski definition) is 1. The van der Waals surface area contributed by atoms with E-state index in [1.54, 1.807) is 0 Å². The van der Waals surface area contributed by atoms with Crippen molar-refractivity contribution >= 4 is 22.4 Å². The first kappa shape index (κ1) is 21.2. The molecule has 0 radical (unpaired) electrons. The summed E-state index contributed by atoms with van der Waals surface area (Å²) in [6.45, 7) is 0. The molecule has 0 saturated carbocycles. The molecular weight excluding hydrogens is 414 g/mol. The molecule has 1 rings (SSSR count). The van der Waals surface area contributed by atoms with Crippen molar-refractivity contribution in [3.05, 3.63) is 5.01 Å². The highest BCUT2D eigenvalue weighted by Crippen LogP contribution is 2.59. The van der Waals surface area contributed by atoms with Crippen molar-refractivity contribution in [3.63, 3.8) is 0 Å². The summed E-state index contributed by atoms with van der Waals surface area (Å²) in [6, 6.07) is 0. The van der Waals surface area contributed by atoms with Crippen molar-refractivity contribution in [3.8, 4) is 0 Å². The predicted octanol–water partition coefficient (Wildman–Crippen LogP) is 4.17. The second-order valence-electron chi connectivity index (χ2n) is 4.11. The van der Waals surface area contributed by atoms with Crippen molar-refractivity contribution in [1.82, 2.24) is 10.2 Å². The van der Waals surface area contributed by atoms with Gasteiger partial charge in [-0.2, -0.15) is 52.7 Å². The molecule has 1 N–H and O–H groups in total. The van der Waals surface area contributed by atoms with Gasteiger partial charge in [-0.25, -0.2) is 0 Å². The maximum Gasteiger partial charge on any atom is 0.445 e. The van der Waals surface area contributed by atoms with Gasteiger partial charge in [0, 0.05) is 0 Å². The molecule has 1 amide bonds. The number of nitrogens with zero attached hydrogens (tertiary/aromatic N) is 2. The molecule has 0 bridgehead atoms. The Morgan fingerprint density at radius 3 is 1.44 bits per heavy atom. The predicted molar refractivity (Wildman–Crippen MR) is 54.1 cm³/mol. The Hall–Kier alpha value is -1.81. The van der Waals surface area contributed by atoms with E-state index in [0.717, 1.165) is 0 Å². The number of anilines is 1. The highest BCUT2D eigenvalue weighted by molar-refractivity contribution is 7.15. The van der Waals surface area contributed by atoms with Crippen LogP contribution in [0.3, 0.4) is 0 Å². The van der Waals surface area contributed by atoms with Crippen molar-refractivity contribution in [1.29, 1.82) is 0 Å². The minimum atomic E-state index is -7.20. The lowest BCUT2D eigenvalue weighted by Gasteiger charge is -2.36. The molecular formula is C8HF12N3OS. The number of hydrogen-bond acceptors (Lipinski definition) is 4. The minimum Gasteiger partial charge on any atom is -0.299 e. The molecule has 0 aliphatic rings. The first-order valence-electron chi connectivity index (χ1n) is 5.28. The zero-order chi connectivity index (χ0) is 20.1. The van der Waals surface area contributed by atoms with Gasteiger partial charge in [0.15, 0.2) is 0 Å². The van der Waals surface area contributed by atoms with Crippen LogP contribution in [0.4, 0.5) is 57.8 Å². The average Bonchev–Trinajstić information content (AvgIpc) is 2.70. The van der Waals surface area contributed by atoms with Gasteiger partial charge in [-0.1, -0.05) is 11.3 Å². The molecule has 0 spiro atoms. The Balaban J connectivity index is 3.43. The Labute approximate surface area is 131 Å². The van der Waals surface area contributed by atoms with Gasteiger partial charge in [-0.3, -0.25) is 10.1 Å². The monoisotopic (exact) mass is 415 g/mol. The second-order valence-corrected chi connectivity index (χ2v) is 5.09. The fourth-order valence-corrected chi connectivity index (χ4v) is 2.05. The maximum atomic E-state index is 12.6. The highest BCUT2D eigenvalue weighted by Gasteiger charge is 2.88. The van der Waals surface area contributed by atoms with Gasteiger partial charge in [-0.05, 0) is 0 Å². The van der Waals surface area contributed by atoms with Crippen molar-refractivity contribution in [2.75, 3.05) is 5.32 Å². The summed E-state index contributed by atoms with van der Waals surface area (Å²) in [6.07, 6.45) is -26.8. The molecule has 1 aromatic rings. The van der Waals surface area contributed by atoms with Crippen LogP contribution in [0.25, 0.3) is 0 Å². The van der Waals surface area contributed by atoms with E-state index in [1.165, 1.54) is 0 Å². The van der Waals surface area contributed by atoms with E-state index in [2.05, 4.69) is 10.2 Å². The van der Waals surface area contributed by atoms with Crippen molar-refractivity contribution < 1.29 is 57.5 Å². The number of rotatable bonds is 2. The molecule has 0 unspecified atom stereocenters. The lowest BCUT2D eigenvalue weighted by Crippen LogP contribution is -2.65. The molecule has 1 heterocycles. The summed E-state index contributed by atoms with van der Waals surface area (Å²) in [5.41, 5.74) is -6.88. The molecule has 144 valence electrons. The van der Waals surface area contributed by atoms with Crippen LogP contribution in [0.5, 0.6) is 0 Å². The third-order valence-corrected chi connectivity index (χ3v) is 3.39. The summed E-state index contributed by atoms with van der Waals surface area (Å²) >= 11 is -0.765. The smallest absolute Gasteiger partial charge is 0.299 e. The molecule has 25 heavy (non-hydrogen) atoms. The fourth-order valence-electron chi connectivity index (χ4n) is 1.45. The molecule has 0 aromatic carbocycles. The van der Waals surface area contributed by atoms with Crippen LogP contribution < -0.4 is 5.32 Å². The van der Waals surface area contributed by atoms with Crippen LogP contribution in [0, 0.1) is 5.41 Å². The summed E-state index contributed by atoms with van der Waals surface area (Å²) in [7, 11) is 0. The van der Waals surface area contributed by atoms with E-state index in [-0.39, 0.29) is 0 Å². The van der Waals surface area contributed by atoms with Gasteiger partial charge in [0.1, 0.15) is 0 Å². The van der Waals surface area contributed by atoms with E-state index >= 15 is 0 Å². The summed E-state index contributed by atoms with van der Waals surface area (Å²) in [5, 5.41) is 1.58. The average molecular weight is 415 g/mol. The maximum absolute atomic E-state index is 12.6. The minimum absolute atomic E-state index is 0.441. The van der Waals surface area contributed by atoms with Gasteiger partial charge >= 0.3 is 30.1 Å². The normalized spacial score (nSPS) is 14.6.